The molecule has 1 fully saturated rings. The summed E-state index contributed by atoms with van der Waals surface area (Å²) in [5.74, 6) is 1.11. The Morgan fingerprint density at radius 1 is 1.29 bits per heavy atom. The van der Waals surface area contributed by atoms with Gasteiger partial charge in [0.1, 0.15) is 6.29 Å². The highest BCUT2D eigenvalue weighted by molar-refractivity contribution is 5.68. The Kier molecular flexibility index (Phi) is 1.45. The van der Waals surface area contributed by atoms with Gasteiger partial charge in [-0.3, -0.25) is 0 Å². The lowest BCUT2D eigenvalue weighted by atomic mass is 10.1. The fourth-order valence-electron chi connectivity index (χ4n) is 0.947. The molecule has 1 saturated carbocycles. The highest BCUT2D eigenvalue weighted by Gasteiger charge is 2.13. The molecule has 1 rings (SSSR count). The number of carbonyl (C=O) groups excluding carboxylic acids is 1. The first-order valence-corrected chi connectivity index (χ1v) is 2.73. The van der Waals surface area contributed by atoms with Crippen LogP contribution in [0.3, 0.4) is 0 Å². The van der Waals surface area contributed by atoms with Crippen LogP contribution in [0.2, 0.25) is 0 Å². The maximum Gasteiger partial charge on any atom is 0.127 e. The summed E-state index contributed by atoms with van der Waals surface area (Å²) in [6, 6.07) is 0. The van der Waals surface area contributed by atoms with Crippen LogP contribution in [0.25, 0.3) is 0 Å². The van der Waals surface area contributed by atoms with Gasteiger partial charge in [-0.25, -0.2) is 0 Å². The molecule has 39 valence electrons. The van der Waals surface area contributed by atoms with Gasteiger partial charge in [0.15, 0.2) is 0 Å². The molecule has 1 aliphatic rings. The average molecular weight is 97.1 g/mol. The van der Waals surface area contributed by atoms with Crippen molar-refractivity contribution in [1.82, 2.24) is 0 Å². The summed E-state index contributed by atoms with van der Waals surface area (Å²) in [6.07, 6.45) is 5.59. The topological polar surface area (TPSA) is 17.1 Å². The Labute approximate surface area is 43.7 Å². The summed E-state index contributed by atoms with van der Waals surface area (Å²) in [6.45, 7) is 0. The second-order valence-corrected chi connectivity index (χ2v) is 1.98. The van der Waals surface area contributed by atoms with Crippen molar-refractivity contribution in [1.29, 1.82) is 0 Å². The molecule has 1 heteroatoms. The van der Waals surface area contributed by atoms with Crippen LogP contribution in [0.4, 0.5) is 0 Å². The van der Waals surface area contributed by atoms with Crippen molar-refractivity contribution in [2.45, 2.75) is 25.7 Å². The first-order valence-electron chi connectivity index (χ1n) is 2.73. The quantitative estimate of drug-likeness (QED) is 0.451. The van der Waals surface area contributed by atoms with Crippen LogP contribution in [0.15, 0.2) is 0 Å². The largest absolute Gasteiger partial charge is 0.303 e. The van der Waals surface area contributed by atoms with Crippen LogP contribution >= 0.6 is 0 Å². The van der Waals surface area contributed by atoms with Crippen LogP contribution in [0.5, 0.6) is 0 Å². The molecule has 0 aromatic heterocycles. The lowest BCUT2D eigenvalue weighted by molar-refractivity contribution is -0.106. The molecule has 0 bridgehead atoms. The summed E-state index contributed by atoms with van der Waals surface area (Å²) in [5.41, 5.74) is 0. The van der Waals surface area contributed by atoms with Gasteiger partial charge >= 0.3 is 0 Å². The number of aldehydes is 1. The molecule has 0 heterocycles. The summed E-state index contributed by atoms with van der Waals surface area (Å²) in [4.78, 5) is 9.97. The van der Waals surface area contributed by atoms with E-state index in [1.54, 1.807) is 0 Å². The van der Waals surface area contributed by atoms with Gasteiger partial charge in [0, 0.05) is 5.92 Å². The van der Waals surface area contributed by atoms with E-state index in [0.29, 0.717) is 0 Å². The molecule has 0 atom stereocenters. The molecular formula is C6H9O. The summed E-state index contributed by atoms with van der Waals surface area (Å²) in [5, 5.41) is 0. The summed E-state index contributed by atoms with van der Waals surface area (Å²) in [7, 11) is 0. The molecule has 0 aliphatic heterocycles. The first kappa shape index (κ1) is 4.82. The van der Waals surface area contributed by atoms with Crippen molar-refractivity contribution in [3.63, 3.8) is 0 Å². The zero-order valence-electron chi connectivity index (χ0n) is 4.31. The standard InChI is InChI=1S/C6H9O/c7-5-6-3-1-2-4-6/h5H,1-4H2. The molecule has 0 spiro atoms. The van der Waals surface area contributed by atoms with Crippen molar-refractivity contribution in [2.24, 2.45) is 0 Å². The number of rotatable bonds is 1. The predicted octanol–water partition coefficient (Wildman–Crippen LogP) is 1.33. The average Bonchev–Trinajstić information content (AvgIpc) is 2.14. The zero-order valence-corrected chi connectivity index (χ0v) is 4.31. The van der Waals surface area contributed by atoms with Crippen molar-refractivity contribution in [3.8, 4) is 0 Å². The third-order valence-corrected chi connectivity index (χ3v) is 1.41. The number of carbonyl (C=O) groups is 1. The Hall–Kier alpha value is -0.330. The minimum absolute atomic E-state index is 1.01. The normalized spacial score (nSPS) is 22.9. The fraction of sp³-hybridized carbons (Fsp3) is 0.667. The van der Waals surface area contributed by atoms with E-state index in [-0.39, 0.29) is 0 Å². The Morgan fingerprint density at radius 3 is 2.14 bits per heavy atom. The van der Waals surface area contributed by atoms with Crippen molar-refractivity contribution >= 4 is 6.29 Å². The smallest absolute Gasteiger partial charge is 0.127 e. The van der Waals surface area contributed by atoms with E-state index in [2.05, 4.69) is 0 Å². The lowest BCUT2D eigenvalue weighted by Crippen LogP contribution is -1.87. The van der Waals surface area contributed by atoms with Gasteiger partial charge in [-0.2, -0.15) is 0 Å². The van der Waals surface area contributed by atoms with Crippen molar-refractivity contribution < 1.29 is 4.79 Å². The van der Waals surface area contributed by atoms with Crippen LogP contribution in [-0.4, -0.2) is 6.29 Å². The molecule has 1 nitrogen and oxygen atoms in total. The van der Waals surface area contributed by atoms with Gasteiger partial charge in [-0.1, -0.05) is 12.8 Å². The van der Waals surface area contributed by atoms with E-state index >= 15 is 0 Å². The molecular weight excluding hydrogens is 88.1 g/mol. The van der Waals surface area contributed by atoms with Crippen molar-refractivity contribution in [3.05, 3.63) is 5.92 Å². The third kappa shape index (κ3) is 1.02. The fourth-order valence-corrected chi connectivity index (χ4v) is 0.947. The first-order chi connectivity index (χ1) is 3.43. The van der Waals surface area contributed by atoms with Crippen LogP contribution in [0, 0.1) is 5.92 Å². The van der Waals surface area contributed by atoms with Crippen LogP contribution in [0.1, 0.15) is 25.7 Å². The van der Waals surface area contributed by atoms with Crippen molar-refractivity contribution in [2.75, 3.05) is 0 Å². The maximum atomic E-state index is 9.97. The molecule has 1 radical (unpaired) electrons. The Morgan fingerprint density at radius 2 is 1.86 bits per heavy atom. The maximum absolute atomic E-state index is 9.97. The molecule has 0 N–H and O–H groups in total. The van der Waals surface area contributed by atoms with E-state index in [4.69, 9.17) is 0 Å². The summed E-state index contributed by atoms with van der Waals surface area (Å²) < 4.78 is 0. The van der Waals surface area contributed by atoms with E-state index in [1.165, 1.54) is 12.8 Å². The van der Waals surface area contributed by atoms with Crippen LogP contribution < -0.4 is 0 Å². The molecule has 0 aromatic rings. The van der Waals surface area contributed by atoms with Gasteiger partial charge in [-0.15, -0.1) is 0 Å². The van der Waals surface area contributed by atoms with E-state index in [0.717, 1.165) is 25.0 Å². The molecule has 0 amide bonds. The molecule has 1 aliphatic carbocycles. The van der Waals surface area contributed by atoms with Gasteiger partial charge in [0.25, 0.3) is 0 Å². The second-order valence-electron chi connectivity index (χ2n) is 1.98. The van der Waals surface area contributed by atoms with Gasteiger partial charge in [-0.05, 0) is 12.8 Å². The number of hydrogen-bond donors (Lipinski definition) is 0. The highest BCUT2D eigenvalue weighted by atomic mass is 16.1. The minimum Gasteiger partial charge on any atom is -0.303 e. The van der Waals surface area contributed by atoms with Gasteiger partial charge in [0.05, 0.1) is 0 Å². The van der Waals surface area contributed by atoms with Gasteiger partial charge < -0.3 is 4.79 Å². The Bertz CT molecular complexity index is 62.6. The predicted molar refractivity (Wildman–Crippen MR) is 27.8 cm³/mol. The van der Waals surface area contributed by atoms with E-state index in [9.17, 15) is 4.79 Å². The Balaban J connectivity index is 2.26. The van der Waals surface area contributed by atoms with E-state index < -0.39 is 0 Å². The van der Waals surface area contributed by atoms with E-state index in [1.807, 2.05) is 0 Å². The zero-order chi connectivity index (χ0) is 5.11. The molecule has 7 heavy (non-hydrogen) atoms. The third-order valence-electron chi connectivity index (χ3n) is 1.41. The highest BCUT2D eigenvalue weighted by Crippen LogP contribution is 2.23. The molecule has 0 aromatic carbocycles. The molecule has 0 unspecified atom stereocenters. The summed E-state index contributed by atoms with van der Waals surface area (Å²) >= 11 is 0. The number of hydrogen-bond acceptors (Lipinski definition) is 1. The monoisotopic (exact) mass is 97.1 g/mol. The SMILES string of the molecule is O=C[C]1CCCC1. The minimum atomic E-state index is 1.01. The molecule has 0 saturated heterocycles. The van der Waals surface area contributed by atoms with Crippen LogP contribution in [-0.2, 0) is 4.79 Å². The second kappa shape index (κ2) is 2.10. The van der Waals surface area contributed by atoms with Gasteiger partial charge in [0.2, 0.25) is 0 Å². The lowest BCUT2D eigenvalue weighted by Gasteiger charge is -1.89.